The van der Waals surface area contributed by atoms with Crippen molar-refractivity contribution in [3.63, 3.8) is 0 Å². The molecule has 5 amide bonds. The van der Waals surface area contributed by atoms with Crippen LogP contribution in [-0.2, 0) is 49.2 Å². The molecule has 0 spiro atoms. The maximum Gasteiger partial charge on any atom is 0.424 e. The first-order chi connectivity index (χ1) is 50.9. The van der Waals surface area contributed by atoms with Crippen molar-refractivity contribution in [1.82, 2.24) is 34.9 Å². The third-order valence-corrected chi connectivity index (χ3v) is 13.6. The number of carboxylic acids is 1. The lowest BCUT2D eigenvalue weighted by Gasteiger charge is -2.29. The number of aromatic carboxylic acids is 1. The number of aromatic nitrogens is 7. The number of pyridine rings is 3. The first kappa shape index (κ1) is 94.8. The van der Waals surface area contributed by atoms with Crippen molar-refractivity contribution in [3.05, 3.63) is 154 Å². The molecule has 0 bridgehead atoms. The van der Waals surface area contributed by atoms with Crippen molar-refractivity contribution in [2.75, 3.05) is 42.5 Å². The second kappa shape index (κ2) is 43.1. The van der Waals surface area contributed by atoms with Crippen LogP contribution in [0.2, 0.25) is 0 Å². The topological polar surface area (TPSA) is 396 Å². The Morgan fingerprint density at radius 3 is 1.36 bits per heavy atom. The van der Waals surface area contributed by atoms with Crippen LogP contribution in [0.25, 0.3) is 0 Å². The molecule has 3 N–H and O–H groups in total. The number of carbonyl (C=O) groups is 10. The molecule has 0 aliphatic carbocycles. The van der Waals surface area contributed by atoms with Crippen LogP contribution in [0.15, 0.2) is 103 Å². The number of methoxy groups -OCH3 is 2. The van der Waals surface area contributed by atoms with Gasteiger partial charge in [-0.3, -0.25) is 15.1 Å². The quantitative estimate of drug-likeness (QED) is 0.0276. The zero-order valence-electron chi connectivity index (χ0n) is 67.2. The fourth-order valence-electron chi connectivity index (χ4n) is 8.33. The molecule has 5 heterocycles. The van der Waals surface area contributed by atoms with Gasteiger partial charge in [0.05, 0.1) is 51.0 Å². The van der Waals surface area contributed by atoms with Crippen molar-refractivity contribution in [2.45, 2.75) is 212 Å². The van der Waals surface area contributed by atoms with Gasteiger partial charge in [0.2, 0.25) is 11.8 Å². The molecule has 1 aromatic carbocycles. The number of esters is 4. The number of imide groups is 2. The van der Waals surface area contributed by atoms with E-state index in [0.29, 0.717) is 75.1 Å². The fraction of sp³-hybridized carbons (Fsp3) is 0.468. The Hall–Kier alpha value is -11.3. The molecule has 0 aliphatic heterocycles. The molecule has 6 aromatic rings. The first-order valence-corrected chi connectivity index (χ1v) is 35.3. The average molecular weight is 1600 g/mol. The molecule has 0 saturated heterocycles. The largest absolute Gasteiger partial charge is 0.476 e. The third-order valence-electron chi connectivity index (χ3n) is 12.8. The number of carbonyl (C=O) groups excluding carboxylic acids is 9. The maximum atomic E-state index is 13.0. The van der Waals surface area contributed by atoms with Crippen molar-refractivity contribution >= 4 is 93.3 Å². The smallest absolute Gasteiger partial charge is 0.424 e. The van der Waals surface area contributed by atoms with Crippen molar-refractivity contribution in [2.24, 2.45) is 0 Å². The number of halogens is 1. The number of aromatic amines is 1. The zero-order chi connectivity index (χ0) is 84.0. The van der Waals surface area contributed by atoms with E-state index >= 15 is 0 Å². The summed E-state index contributed by atoms with van der Waals surface area (Å²) in [5.74, 6) is -3.32. The van der Waals surface area contributed by atoms with E-state index in [9.17, 15) is 53.1 Å². The Labute approximate surface area is 650 Å². The number of amides is 5. The molecular weight excluding hydrogens is 1500 g/mol. The second-order valence-corrected chi connectivity index (χ2v) is 29.4. The van der Waals surface area contributed by atoms with Gasteiger partial charge in [0.25, 0.3) is 0 Å². The molecule has 0 fully saturated rings. The van der Waals surface area contributed by atoms with Gasteiger partial charge in [0.15, 0.2) is 22.8 Å². The number of nitrogens with zero attached hydrogens (tertiary/aromatic N) is 8. The lowest BCUT2D eigenvalue weighted by molar-refractivity contribution is 0.0406. The number of hydrogen-bond donors (Lipinski definition) is 3. The standard InChI is InChI=1S/C23H34N2O7.C18H25BrN2O6.C17H24N2O5.C13H14N2O2.C6H8N2O2/c1-11-12-15(3)30-18-14(2)13-16(17(24-18)19(26)29-10)25(20(27)31-22(4,5)6)21(28)32-23(7,8)9;1-10-9-11(12(14(22)25-8)20-13(10)19)21(15(23)26-17(2,3)4)16(24)27-18(5,6)7;1-7-8-11(3)23-14-10(2)9-12(13(19-14)15(20)21)18-16(22)24-17(4,5)6;1-2-17-13(16)12-8-9-15(14-12)10-11-6-4-3-5-7-11;1-2-10-6(9)5-3-4-7-8-5/h11,13,15H,1,12H2,2-10H3;9H,1-8H3;7,9,11H,1,8H2,2-6H3,(H,18,22)(H,20,21);3-9H,2,10H2,1H3;3-4H,2H2,1H3,(H,7,8)/t15-;;11-;;/m1.1../s1. The molecule has 6 rings (SSSR count). The van der Waals surface area contributed by atoms with Gasteiger partial charge in [-0.25, -0.2) is 62.9 Å². The molecule has 602 valence electrons. The number of anilines is 3. The van der Waals surface area contributed by atoms with E-state index in [1.807, 2.05) is 44.2 Å². The highest BCUT2D eigenvalue weighted by molar-refractivity contribution is 9.10. The summed E-state index contributed by atoms with van der Waals surface area (Å²) in [5, 5.41) is 22.0. The highest BCUT2D eigenvalue weighted by Crippen LogP contribution is 2.33. The number of aryl methyl sites for hydroxylation is 3. The predicted molar refractivity (Wildman–Crippen MR) is 412 cm³/mol. The van der Waals surface area contributed by atoms with Crippen molar-refractivity contribution < 1.29 is 105 Å². The van der Waals surface area contributed by atoms with E-state index in [2.05, 4.69) is 69.4 Å². The van der Waals surface area contributed by atoms with E-state index in [0.717, 1.165) is 5.56 Å². The van der Waals surface area contributed by atoms with Gasteiger partial charge in [0, 0.05) is 36.4 Å². The minimum absolute atomic E-state index is 0.0537. The molecule has 0 radical (unpaired) electrons. The van der Waals surface area contributed by atoms with Crippen LogP contribution >= 0.6 is 15.9 Å². The van der Waals surface area contributed by atoms with Crippen LogP contribution < -0.4 is 24.6 Å². The molecule has 0 saturated carbocycles. The summed E-state index contributed by atoms with van der Waals surface area (Å²) in [6.07, 6.45) is 2.60. The van der Waals surface area contributed by atoms with Crippen LogP contribution in [0.4, 0.5) is 41.0 Å². The van der Waals surface area contributed by atoms with Gasteiger partial charge in [-0.05, 0) is 210 Å². The Bertz CT molecular complexity index is 4070. The Balaban J connectivity index is 0.000000484. The second-order valence-electron chi connectivity index (χ2n) is 28.7. The summed E-state index contributed by atoms with van der Waals surface area (Å²) in [6.45, 7) is 46.0. The number of hydrogen-bond acceptors (Lipinski definition) is 26. The number of nitrogens with one attached hydrogen (secondary N) is 2. The third kappa shape index (κ3) is 33.9. The van der Waals surface area contributed by atoms with Crippen LogP contribution in [0.3, 0.4) is 0 Å². The number of ether oxygens (including phenoxy) is 11. The van der Waals surface area contributed by atoms with Crippen LogP contribution in [0, 0.1) is 20.8 Å². The molecular formula is C77H105BrN10O22. The molecule has 5 aromatic heterocycles. The monoisotopic (exact) mass is 1600 g/mol. The first-order valence-electron chi connectivity index (χ1n) is 34.5. The van der Waals surface area contributed by atoms with Gasteiger partial charge in [-0.2, -0.15) is 20.0 Å². The Morgan fingerprint density at radius 2 is 0.973 bits per heavy atom. The van der Waals surface area contributed by atoms with E-state index in [4.69, 9.17) is 47.4 Å². The van der Waals surface area contributed by atoms with E-state index in [-0.39, 0.29) is 70.1 Å². The lowest BCUT2D eigenvalue weighted by atomic mass is 10.2. The molecule has 33 heteroatoms. The minimum Gasteiger partial charge on any atom is -0.476 e. The molecule has 2 atom stereocenters. The molecule has 0 aliphatic rings. The van der Waals surface area contributed by atoms with Crippen LogP contribution in [0.1, 0.15) is 219 Å². The summed E-state index contributed by atoms with van der Waals surface area (Å²) >= 11 is 3.23. The minimum atomic E-state index is -1.28. The van der Waals surface area contributed by atoms with Crippen LogP contribution in [0.5, 0.6) is 11.8 Å². The Kier molecular flexibility index (Phi) is 37.1. The highest BCUT2D eigenvalue weighted by atomic mass is 79.9. The summed E-state index contributed by atoms with van der Waals surface area (Å²) in [5.41, 5.74) is -1.71. The van der Waals surface area contributed by atoms with E-state index < -0.39 is 76.4 Å². The van der Waals surface area contributed by atoms with Gasteiger partial charge in [-0.15, -0.1) is 13.2 Å². The molecule has 110 heavy (non-hydrogen) atoms. The number of rotatable bonds is 20. The zero-order valence-corrected chi connectivity index (χ0v) is 68.7. The normalized spacial score (nSPS) is 11.5. The average Bonchev–Trinajstić information content (AvgIpc) is 1.05. The summed E-state index contributed by atoms with van der Waals surface area (Å²) in [4.78, 5) is 135. The lowest BCUT2D eigenvalue weighted by Crippen LogP contribution is -2.44. The highest BCUT2D eigenvalue weighted by Gasteiger charge is 2.39. The van der Waals surface area contributed by atoms with Crippen molar-refractivity contribution in [3.8, 4) is 11.8 Å². The predicted octanol–water partition coefficient (Wildman–Crippen LogP) is 16.3. The fourth-order valence-corrected chi connectivity index (χ4v) is 8.62. The summed E-state index contributed by atoms with van der Waals surface area (Å²) in [6, 6.07) is 17.6. The molecule has 0 unspecified atom stereocenters. The van der Waals surface area contributed by atoms with Gasteiger partial charge in [-0.1, -0.05) is 42.5 Å². The number of H-pyrrole nitrogens is 1. The van der Waals surface area contributed by atoms with Crippen LogP contribution in [-0.4, -0.2) is 168 Å². The number of benzene rings is 1. The summed E-state index contributed by atoms with van der Waals surface area (Å²) in [7, 11) is 2.34. The molecule has 32 nitrogen and oxygen atoms in total. The Morgan fingerprint density at radius 1 is 0.564 bits per heavy atom. The van der Waals surface area contributed by atoms with E-state index in [1.165, 1.54) is 38.6 Å². The van der Waals surface area contributed by atoms with Gasteiger partial charge >= 0.3 is 60.3 Å². The maximum absolute atomic E-state index is 13.0. The van der Waals surface area contributed by atoms with Gasteiger partial charge in [0.1, 0.15) is 50.5 Å². The SMILES string of the molecule is C=CC[C@@H](C)Oc1nc(C(=O)O)c(NC(=O)OC(C)(C)C)cc1C.C=CC[C@@H](C)Oc1nc(C(=O)OC)c(N(C(=O)OC(C)(C)C)C(=O)OC(C)(C)C)cc1C.CCOC(=O)c1ccn(Cc2ccccc2)n1.CCOC(=O)c1ccn[nH]1.COC(=O)c1nc(Br)c(C)cc1N(C(=O)OC(C)(C)C)C(=O)OC(C)(C)C. The van der Waals surface area contributed by atoms with Gasteiger partial charge < -0.3 is 57.2 Å². The van der Waals surface area contributed by atoms with Crippen molar-refractivity contribution in [1.29, 1.82) is 0 Å². The summed E-state index contributed by atoms with van der Waals surface area (Å²) < 4.78 is 59.2. The number of carboxylic acid groups (broad SMARTS) is 1. The van der Waals surface area contributed by atoms with E-state index in [1.54, 1.807) is 174 Å².